The van der Waals surface area contributed by atoms with E-state index in [1.54, 1.807) is 41.8 Å². The van der Waals surface area contributed by atoms with Crippen LogP contribution in [-0.4, -0.2) is 27.5 Å². The van der Waals surface area contributed by atoms with Gasteiger partial charge in [0.1, 0.15) is 11.5 Å². The third kappa shape index (κ3) is 4.83. The standard InChI is InChI=1S/C29H22FN3O4S/c1-17(26(34)32-29-31-23(16-38-29)18-12-14-20(30)15-13-18)37-28(36)25-24(19-8-4-3-5-9-19)21-10-6-7-11-22(21)27(35)33(25)2/h3-17H,1-2H3,(H,31,32,34). The van der Waals surface area contributed by atoms with Crippen LogP contribution in [0.5, 0.6) is 0 Å². The number of hydrogen-bond donors (Lipinski definition) is 1. The molecule has 0 fully saturated rings. The van der Waals surface area contributed by atoms with Crippen molar-refractivity contribution in [1.29, 1.82) is 0 Å². The van der Waals surface area contributed by atoms with E-state index in [4.69, 9.17) is 4.74 Å². The Morgan fingerprint density at radius 1 is 0.947 bits per heavy atom. The molecule has 1 atom stereocenters. The fourth-order valence-electron chi connectivity index (χ4n) is 4.16. The van der Waals surface area contributed by atoms with Gasteiger partial charge >= 0.3 is 5.97 Å². The molecule has 0 aliphatic carbocycles. The highest BCUT2D eigenvalue weighted by Gasteiger charge is 2.26. The summed E-state index contributed by atoms with van der Waals surface area (Å²) in [5.41, 5.74) is 2.26. The van der Waals surface area contributed by atoms with Gasteiger partial charge in [0.05, 0.1) is 5.69 Å². The highest BCUT2D eigenvalue weighted by atomic mass is 32.1. The average Bonchev–Trinajstić information content (AvgIpc) is 3.39. The summed E-state index contributed by atoms with van der Waals surface area (Å²) in [5.74, 6) is -1.74. The highest BCUT2D eigenvalue weighted by molar-refractivity contribution is 7.14. The lowest BCUT2D eigenvalue weighted by Gasteiger charge is -2.18. The summed E-state index contributed by atoms with van der Waals surface area (Å²) in [7, 11) is 1.51. The molecule has 38 heavy (non-hydrogen) atoms. The molecule has 0 bridgehead atoms. The number of hydrogen-bond acceptors (Lipinski definition) is 6. The Hall–Kier alpha value is -4.63. The van der Waals surface area contributed by atoms with Gasteiger partial charge in [0, 0.05) is 28.9 Å². The predicted molar refractivity (Wildman–Crippen MR) is 146 cm³/mol. The maximum absolute atomic E-state index is 13.4. The molecule has 7 nitrogen and oxygen atoms in total. The molecule has 0 aliphatic rings. The first kappa shape index (κ1) is 25.0. The largest absolute Gasteiger partial charge is 0.448 e. The fourth-order valence-corrected chi connectivity index (χ4v) is 4.89. The van der Waals surface area contributed by atoms with Crippen LogP contribution in [0, 0.1) is 5.82 Å². The van der Waals surface area contributed by atoms with Crippen molar-refractivity contribution < 1.29 is 18.7 Å². The maximum Gasteiger partial charge on any atom is 0.356 e. The van der Waals surface area contributed by atoms with Gasteiger partial charge in [-0.05, 0) is 48.2 Å². The quantitative estimate of drug-likeness (QED) is 0.288. The number of thiazole rings is 1. The van der Waals surface area contributed by atoms with Crippen LogP contribution in [0.4, 0.5) is 9.52 Å². The van der Waals surface area contributed by atoms with Gasteiger partial charge < -0.3 is 9.30 Å². The number of aromatic nitrogens is 2. The summed E-state index contributed by atoms with van der Waals surface area (Å²) in [5, 5.41) is 5.77. The van der Waals surface area contributed by atoms with E-state index >= 15 is 0 Å². The number of amides is 1. The number of carbonyl (C=O) groups excluding carboxylic acids is 2. The Labute approximate surface area is 221 Å². The third-order valence-corrected chi connectivity index (χ3v) is 6.84. The molecule has 0 saturated carbocycles. The molecule has 2 heterocycles. The number of fused-ring (bicyclic) bond motifs is 1. The summed E-state index contributed by atoms with van der Waals surface area (Å²) < 4.78 is 20.0. The van der Waals surface area contributed by atoms with Crippen LogP contribution in [0.2, 0.25) is 0 Å². The molecule has 0 spiro atoms. The van der Waals surface area contributed by atoms with Crippen LogP contribution < -0.4 is 10.9 Å². The topological polar surface area (TPSA) is 90.3 Å². The van der Waals surface area contributed by atoms with E-state index in [0.29, 0.717) is 32.7 Å². The number of rotatable bonds is 6. The summed E-state index contributed by atoms with van der Waals surface area (Å²) in [6, 6.07) is 22.2. The van der Waals surface area contributed by atoms with Crippen LogP contribution in [0.15, 0.2) is 89.0 Å². The van der Waals surface area contributed by atoms with Gasteiger partial charge in [-0.25, -0.2) is 14.2 Å². The highest BCUT2D eigenvalue weighted by Crippen LogP contribution is 2.31. The molecule has 2 aromatic heterocycles. The monoisotopic (exact) mass is 527 g/mol. The number of nitrogens with one attached hydrogen (secondary N) is 1. The number of benzene rings is 3. The molecule has 5 aromatic rings. The van der Waals surface area contributed by atoms with Crippen LogP contribution in [0.3, 0.4) is 0 Å². The van der Waals surface area contributed by atoms with Gasteiger partial charge in [0.25, 0.3) is 11.5 Å². The molecule has 1 amide bonds. The second-order valence-corrected chi connectivity index (χ2v) is 9.44. The number of ether oxygens (including phenoxy) is 1. The van der Waals surface area contributed by atoms with Crippen molar-refractivity contribution in [2.45, 2.75) is 13.0 Å². The van der Waals surface area contributed by atoms with Gasteiger partial charge in [-0.1, -0.05) is 48.5 Å². The second-order valence-electron chi connectivity index (χ2n) is 8.58. The lowest BCUT2D eigenvalue weighted by atomic mass is 9.97. The predicted octanol–water partition coefficient (Wildman–Crippen LogP) is 5.65. The van der Waals surface area contributed by atoms with E-state index in [0.717, 1.165) is 5.56 Å². The van der Waals surface area contributed by atoms with E-state index in [-0.39, 0.29) is 17.1 Å². The smallest absolute Gasteiger partial charge is 0.356 e. The normalized spacial score (nSPS) is 11.8. The zero-order chi connectivity index (χ0) is 26.8. The van der Waals surface area contributed by atoms with E-state index in [2.05, 4.69) is 10.3 Å². The Morgan fingerprint density at radius 3 is 2.32 bits per heavy atom. The second kappa shape index (κ2) is 10.4. The summed E-state index contributed by atoms with van der Waals surface area (Å²) in [4.78, 5) is 43.7. The van der Waals surface area contributed by atoms with Crippen molar-refractivity contribution >= 4 is 39.1 Å². The summed E-state index contributed by atoms with van der Waals surface area (Å²) >= 11 is 1.19. The van der Waals surface area contributed by atoms with E-state index in [9.17, 15) is 18.8 Å². The average molecular weight is 528 g/mol. The van der Waals surface area contributed by atoms with Gasteiger partial charge in [-0.3, -0.25) is 14.9 Å². The van der Waals surface area contributed by atoms with Crippen molar-refractivity contribution in [3.8, 4) is 22.4 Å². The molecular weight excluding hydrogens is 505 g/mol. The Kier molecular flexibility index (Phi) is 6.85. The minimum Gasteiger partial charge on any atom is -0.448 e. The van der Waals surface area contributed by atoms with Gasteiger partial charge in [0.2, 0.25) is 0 Å². The SMILES string of the molecule is CC(OC(=O)c1c(-c2ccccc2)c2ccccc2c(=O)n1C)C(=O)Nc1nc(-c2ccc(F)cc2)cs1. The number of pyridine rings is 1. The first-order valence-electron chi connectivity index (χ1n) is 11.7. The van der Waals surface area contributed by atoms with Gasteiger partial charge in [-0.15, -0.1) is 11.3 Å². The van der Waals surface area contributed by atoms with Crippen molar-refractivity contribution in [2.24, 2.45) is 7.05 Å². The number of halogens is 1. The van der Waals surface area contributed by atoms with Crippen LogP contribution >= 0.6 is 11.3 Å². The molecule has 5 rings (SSSR count). The molecule has 1 N–H and O–H groups in total. The molecule has 3 aromatic carbocycles. The molecule has 0 radical (unpaired) electrons. The minimum absolute atomic E-state index is 0.0485. The third-order valence-electron chi connectivity index (χ3n) is 6.09. The molecule has 190 valence electrons. The molecule has 9 heteroatoms. The van der Waals surface area contributed by atoms with Crippen molar-refractivity contribution in [3.63, 3.8) is 0 Å². The van der Waals surface area contributed by atoms with E-state index in [1.165, 1.54) is 42.0 Å². The zero-order valence-electron chi connectivity index (χ0n) is 20.5. The molecule has 0 aliphatic heterocycles. The van der Waals surface area contributed by atoms with Gasteiger partial charge in [-0.2, -0.15) is 0 Å². The van der Waals surface area contributed by atoms with Crippen molar-refractivity contribution in [2.75, 3.05) is 5.32 Å². The van der Waals surface area contributed by atoms with Crippen LogP contribution in [-0.2, 0) is 16.6 Å². The van der Waals surface area contributed by atoms with Crippen LogP contribution in [0.25, 0.3) is 33.2 Å². The van der Waals surface area contributed by atoms with E-state index in [1.807, 2.05) is 30.3 Å². The minimum atomic E-state index is -1.18. The van der Waals surface area contributed by atoms with Crippen LogP contribution in [0.1, 0.15) is 17.4 Å². The fraction of sp³-hybridized carbons (Fsp3) is 0.103. The first-order valence-corrected chi connectivity index (χ1v) is 12.6. The molecular formula is C29H22FN3O4S. The lowest BCUT2D eigenvalue weighted by molar-refractivity contribution is -0.123. The lowest BCUT2D eigenvalue weighted by Crippen LogP contribution is -2.32. The van der Waals surface area contributed by atoms with E-state index < -0.39 is 18.0 Å². The van der Waals surface area contributed by atoms with Crippen molar-refractivity contribution in [3.05, 3.63) is 106 Å². The number of esters is 1. The Balaban J connectivity index is 1.41. The molecule has 0 saturated heterocycles. The van der Waals surface area contributed by atoms with Gasteiger partial charge in [0.15, 0.2) is 11.2 Å². The zero-order valence-corrected chi connectivity index (χ0v) is 21.3. The maximum atomic E-state index is 13.4. The summed E-state index contributed by atoms with van der Waals surface area (Å²) in [6.45, 7) is 1.45. The Bertz CT molecular complexity index is 1710. The summed E-state index contributed by atoms with van der Waals surface area (Å²) in [6.07, 6.45) is -1.18. The number of nitrogens with zero attached hydrogens (tertiary/aromatic N) is 2. The Morgan fingerprint density at radius 2 is 1.61 bits per heavy atom. The number of carbonyl (C=O) groups is 2. The first-order chi connectivity index (χ1) is 18.3. The molecule has 1 unspecified atom stereocenters. The number of anilines is 1. The van der Waals surface area contributed by atoms with Crippen molar-refractivity contribution in [1.82, 2.24) is 9.55 Å².